The average molecular weight is 277 g/mol. The Morgan fingerprint density at radius 1 is 0.895 bits per heavy atom. The Kier molecular flexibility index (Phi) is 3.13. The number of thiocarbonyl (C=S) groups is 1. The van der Waals surface area contributed by atoms with E-state index in [1.165, 1.54) is 63.0 Å². The zero-order valence-electron chi connectivity index (χ0n) is 12.1. The maximum absolute atomic E-state index is 5.84. The summed E-state index contributed by atoms with van der Waals surface area (Å²) in [5.74, 6) is 3.20. The summed E-state index contributed by atoms with van der Waals surface area (Å²) in [4.78, 5) is 3.86. The quantitative estimate of drug-likeness (QED) is 0.688. The molecular formula is C17H27NS. The molecule has 0 aromatic carbocycles. The number of nitrogens with zero attached hydrogens (tertiary/aromatic N) is 1. The first-order valence-corrected chi connectivity index (χ1v) is 8.91. The van der Waals surface area contributed by atoms with E-state index in [4.69, 9.17) is 12.2 Å². The van der Waals surface area contributed by atoms with Crippen LogP contribution in [0.5, 0.6) is 0 Å². The fourth-order valence-corrected chi connectivity index (χ4v) is 6.57. The molecule has 1 saturated heterocycles. The fraction of sp³-hybridized carbons (Fsp3) is 0.941. The van der Waals surface area contributed by atoms with Gasteiger partial charge in [-0.1, -0.05) is 12.2 Å². The molecule has 5 rings (SSSR count). The molecule has 19 heavy (non-hydrogen) atoms. The van der Waals surface area contributed by atoms with Crippen molar-refractivity contribution in [2.45, 2.75) is 64.2 Å². The van der Waals surface area contributed by atoms with Gasteiger partial charge in [-0.05, 0) is 81.0 Å². The molecule has 5 aliphatic rings. The highest BCUT2D eigenvalue weighted by molar-refractivity contribution is 7.80. The number of piperidine rings is 1. The van der Waals surface area contributed by atoms with Gasteiger partial charge < -0.3 is 4.90 Å². The number of likely N-dealkylation sites (tertiary alicyclic amines) is 1. The Bertz CT molecular complexity index is 334. The minimum atomic E-state index is 0.642. The van der Waals surface area contributed by atoms with E-state index in [2.05, 4.69) is 4.90 Å². The molecule has 0 unspecified atom stereocenters. The molecule has 4 aliphatic carbocycles. The van der Waals surface area contributed by atoms with E-state index in [1.54, 1.807) is 19.3 Å². The molecule has 0 N–H and O–H groups in total. The predicted molar refractivity (Wildman–Crippen MR) is 83.2 cm³/mol. The number of hydrogen-bond acceptors (Lipinski definition) is 1. The van der Waals surface area contributed by atoms with E-state index in [0.717, 1.165) is 17.8 Å². The van der Waals surface area contributed by atoms with Crippen molar-refractivity contribution in [2.75, 3.05) is 13.1 Å². The van der Waals surface area contributed by atoms with Gasteiger partial charge >= 0.3 is 0 Å². The van der Waals surface area contributed by atoms with Gasteiger partial charge in [0.15, 0.2) is 0 Å². The Morgan fingerprint density at radius 3 is 1.95 bits per heavy atom. The molecule has 106 valence electrons. The molecule has 0 aromatic heterocycles. The molecule has 2 heteroatoms. The van der Waals surface area contributed by atoms with Crippen LogP contribution in [-0.2, 0) is 0 Å². The van der Waals surface area contributed by atoms with Crippen molar-refractivity contribution < 1.29 is 0 Å². The molecule has 0 spiro atoms. The average Bonchev–Trinajstić information content (AvgIpc) is 2.37. The van der Waals surface area contributed by atoms with Crippen LogP contribution >= 0.6 is 12.2 Å². The second-order valence-electron chi connectivity index (χ2n) is 8.04. The lowest BCUT2D eigenvalue weighted by atomic mass is 9.49. The van der Waals surface area contributed by atoms with E-state index in [0.29, 0.717) is 5.41 Å². The van der Waals surface area contributed by atoms with E-state index in [9.17, 15) is 0 Å². The molecule has 0 amide bonds. The van der Waals surface area contributed by atoms with Gasteiger partial charge in [0.25, 0.3) is 0 Å². The zero-order valence-corrected chi connectivity index (χ0v) is 12.9. The second kappa shape index (κ2) is 4.72. The third kappa shape index (κ3) is 2.34. The molecule has 1 aliphatic heterocycles. The lowest BCUT2D eigenvalue weighted by Gasteiger charge is -2.57. The lowest BCUT2D eigenvalue weighted by molar-refractivity contribution is -0.0491. The number of rotatable bonds is 2. The van der Waals surface area contributed by atoms with Crippen LogP contribution in [0.25, 0.3) is 0 Å². The summed E-state index contributed by atoms with van der Waals surface area (Å²) in [6.45, 7) is 2.48. The van der Waals surface area contributed by atoms with Crippen molar-refractivity contribution in [2.24, 2.45) is 23.2 Å². The van der Waals surface area contributed by atoms with Gasteiger partial charge in [-0.2, -0.15) is 0 Å². The van der Waals surface area contributed by atoms with Crippen LogP contribution in [0.3, 0.4) is 0 Å². The van der Waals surface area contributed by atoms with E-state index in [1.807, 2.05) is 0 Å². The molecular weight excluding hydrogens is 250 g/mol. The van der Waals surface area contributed by atoms with Gasteiger partial charge in [0.05, 0.1) is 4.99 Å². The summed E-state index contributed by atoms with van der Waals surface area (Å²) in [5.41, 5.74) is 0.642. The molecule has 5 fully saturated rings. The molecule has 4 bridgehead atoms. The van der Waals surface area contributed by atoms with Crippen LogP contribution in [0.4, 0.5) is 0 Å². The van der Waals surface area contributed by atoms with Crippen LogP contribution in [0.1, 0.15) is 64.2 Å². The highest BCUT2D eigenvalue weighted by atomic mass is 32.1. The van der Waals surface area contributed by atoms with E-state index >= 15 is 0 Å². The van der Waals surface area contributed by atoms with Crippen LogP contribution in [0.15, 0.2) is 0 Å². The summed E-state index contributed by atoms with van der Waals surface area (Å²) in [6.07, 6.45) is 14.6. The van der Waals surface area contributed by atoms with E-state index in [-0.39, 0.29) is 0 Å². The Balaban J connectivity index is 1.45. The first-order valence-electron chi connectivity index (χ1n) is 8.50. The van der Waals surface area contributed by atoms with Crippen LogP contribution in [-0.4, -0.2) is 23.0 Å². The summed E-state index contributed by atoms with van der Waals surface area (Å²) in [6, 6.07) is 0. The summed E-state index contributed by atoms with van der Waals surface area (Å²) in [7, 11) is 0. The molecule has 0 radical (unpaired) electrons. The van der Waals surface area contributed by atoms with Crippen LogP contribution < -0.4 is 0 Å². The van der Waals surface area contributed by atoms with Crippen LogP contribution in [0.2, 0.25) is 0 Å². The topological polar surface area (TPSA) is 3.24 Å². The highest BCUT2D eigenvalue weighted by Gasteiger charge is 2.51. The third-order valence-electron chi connectivity index (χ3n) is 6.40. The summed E-state index contributed by atoms with van der Waals surface area (Å²) < 4.78 is 0. The highest BCUT2D eigenvalue weighted by Crippen LogP contribution is 2.61. The Morgan fingerprint density at radius 2 is 1.42 bits per heavy atom. The van der Waals surface area contributed by atoms with Gasteiger partial charge in [0.1, 0.15) is 0 Å². The van der Waals surface area contributed by atoms with Gasteiger partial charge in [0.2, 0.25) is 0 Å². The predicted octanol–water partition coefficient (Wildman–Crippen LogP) is 4.41. The SMILES string of the molecule is S=C(CC12CC3CC(CC(C3)C1)C2)N1CCCCC1. The zero-order chi connectivity index (χ0) is 12.9. The molecule has 1 nitrogen and oxygen atoms in total. The van der Waals surface area contributed by atoms with Crippen molar-refractivity contribution >= 4 is 17.2 Å². The molecule has 0 atom stereocenters. The van der Waals surface area contributed by atoms with Crippen molar-refractivity contribution in [1.82, 2.24) is 4.90 Å². The van der Waals surface area contributed by atoms with Crippen LogP contribution in [0, 0.1) is 23.2 Å². The third-order valence-corrected chi connectivity index (χ3v) is 6.80. The first-order chi connectivity index (χ1) is 9.22. The molecule has 0 aromatic rings. The first kappa shape index (κ1) is 12.6. The van der Waals surface area contributed by atoms with Crippen molar-refractivity contribution in [1.29, 1.82) is 0 Å². The maximum Gasteiger partial charge on any atom is 0.0784 e. The normalized spacial score (nSPS) is 44.6. The minimum absolute atomic E-state index is 0.642. The molecule has 1 heterocycles. The van der Waals surface area contributed by atoms with Gasteiger partial charge in [-0.15, -0.1) is 0 Å². The summed E-state index contributed by atoms with van der Waals surface area (Å²) >= 11 is 5.84. The number of hydrogen-bond donors (Lipinski definition) is 0. The van der Waals surface area contributed by atoms with Gasteiger partial charge in [-0.25, -0.2) is 0 Å². The van der Waals surface area contributed by atoms with Crippen molar-refractivity contribution in [3.05, 3.63) is 0 Å². The summed E-state index contributed by atoms with van der Waals surface area (Å²) in [5, 5.41) is 0. The van der Waals surface area contributed by atoms with Gasteiger partial charge in [0, 0.05) is 19.5 Å². The monoisotopic (exact) mass is 277 g/mol. The Hall–Kier alpha value is -0.110. The maximum atomic E-state index is 5.84. The van der Waals surface area contributed by atoms with E-state index < -0.39 is 0 Å². The standard InChI is InChI=1S/C17H27NS/c19-16(18-4-2-1-3-5-18)12-17-9-13-6-14(10-17)8-15(7-13)11-17/h13-15H,1-12H2. The fourth-order valence-electron chi connectivity index (χ4n) is 6.08. The Labute approximate surface area is 123 Å². The van der Waals surface area contributed by atoms with Crippen molar-refractivity contribution in [3.8, 4) is 0 Å². The minimum Gasteiger partial charge on any atom is -0.366 e. The van der Waals surface area contributed by atoms with Crippen molar-refractivity contribution in [3.63, 3.8) is 0 Å². The largest absolute Gasteiger partial charge is 0.366 e. The van der Waals surface area contributed by atoms with Gasteiger partial charge in [-0.3, -0.25) is 0 Å². The lowest BCUT2D eigenvalue weighted by Crippen LogP contribution is -2.48. The smallest absolute Gasteiger partial charge is 0.0784 e. The second-order valence-corrected chi connectivity index (χ2v) is 8.51. The molecule has 4 saturated carbocycles.